The number of Topliss-reactive ketones (excluding diaryl/α,β-unsaturated/α-hetero) is 1. The summed E-state index contributed by atoms with van der Waals surface area (Å²) in [6.07, 6.45) is 1.76. The van der Waals surface area contributed by atoms with E-state index in [-0.39, 0.29) is 25.5 Å². The highest BCUT2D eigenvalue weighted by molar-refractivity contribution is 6.16. The maximum Gasteiger partial charge on any atom is 0.195 e. The van der Waals surface area contributed by atoms with Crippen LogP contribution in [0.4, 0.5) is 0 Å². The van der Waals surface area contributed by atoms with Gasteiger partial charge in [-0.3, -0.25) is 9.59 Å². The second-order valence-corrected chi connectivity index (χ2v) is 7.79. The summed E-state index contributed by atoms with van der Waals surface area (Å²) in [4.78, 5) is 25.8. The minimum Gasteiger partial charge on any atom is -0.497 e. The average Bonchev–Trinajstić information content (AvgIpc) is 3.04. The highest BCUT2D eigenvalue weighted by Crippen LogP contribution is 2.29. The zero-order valence-corrected chi connectivity index (χ0v) is 16.9. The number of carbonyl (C=O) groups excluding carboxylic acids is 2. The fourth-order valence-electron chi connectivity index (χ4n) is 3.02. The van der Waals surface area contributed by atoms with Gasteiger partial charge in [-0.25, -0.2) is 0 Å². The van der Waals surface area contributed by atoms with E-state index in [2.05, 4.69) is 0 Å². The van der Waals surface area contributed by atoms with Gasteiger partial charge in [-0.2, -0.15) is 0 Å². The first kappa shape index (κ1) is 22.2. The Hall–Kier alpha value is -3.08. The molecule has 0 radical (unpaired) electrons. The van der Waals surface area contributed by atoms with E-state index in [9.17, 15) is 9.59 Å². The van der Waals surface area contributed by atoms with Crippen LogP contribution in [-0.2, 0) is 11.3 Å². The van der Waals surface area contributed by atoms with Gasteiger partial charge in [0.25, 0.3) is 0 Å². The third kappa shape index (κ3) is 4.50. The number of rotatable bonds is 6. The van der Waals surface area contributed by atoms with Crippen LogP contribution < -0.4 is 9.47 Å². The third-order valence-corrected chi connectivity index (χ3v) is 4.82. The number of benzene rings is 2. The third-order valence-electron chi connectivity index (χ3n) is 4.82. The number of hydrogen-bond donors (Lipinski definition) is 0. The summed E-state index contributed by atoms with van der Waals surface area (Å²) in [6.45, 7) is 5.87. The molecule has 0 aliphatic rings. The van der Waals surface area contributed by atoms with Gasteiger partial charge >= 0.3 is 0 Å². The van der Waals surface area contributed by atoms with Crippen LogP contribution in [0.25, 0.3) is 10.9 Å². The summed E-state index contributed by atoms with van der Waals surface area (Å²) in [5.74, 6) is 1.28. The maximum atomic E-state index is 13.2. The summed E-state index contributed by atoms with van der Waals surface area (Å²) in [6, 6.07) is 12.6. The molecule has 5 nitrogen and oxygen atoms in total. The lowest BCUT2D eigenvalue weighted by atomic mass is 9.91. The molecule has 0 amide bonds. The minimum atomic E-state index is -0.466. The topological polar surface area (TPSA) is 57.5 Å². The van der Waals surface area contributed by atoms with Crippen LogP contribution in [-0.4, -0.2) is 30.4 Å². The zero-order chi connectivity index (χ0) is 20.5. The highest BCUT2D eigenvalue weighted by atomic mass is 16.5. The van der Waals surface area contributed by atoms with Crippen LogP contribution in [0, 0.1) is 5.41 Å². The quantitative estimate of drug-likeness (QED) is 0.542. The molecule has 0 bridgehead atoms. The highest BCUT2D eigenvalue weighted by Gasteiger charge is 2.24. The maximum absolute atomic E-state index is 13.2. The average molecular weight is 395 g/mol. The molecular weight excluding hydrogens is 366 g/mol. The van der Waals surface area contributed by atoms with E-state index in [1.54, 1.807) is 44.7 Å². The molecule has 154 valence electrons. The molecule has 0 saturated heterocycles. The van der Waals surface area contributed by atoms with Gasteiger partial charge in [0.2, 0.25) is 0 Å². The van der Waals surface area contributed by atoms with Crippen LogP contribution in [0.1, 0.15) is 44.1 Å². The van der Waals surface area contributed by atoms with E-state index in [1.807, 2.05) is 43.5 Å². The van der Waals surface area contributed by atoms with E-state index in [4.69, 9.17) is 9.47 Å². The molecule has 0 aliphatic heterocycles. The lowest BCUT2D eigenvalue weighted by Gasteiger charge is -2.17. The molecule has 29 heavy (non-hydrogen) atoms. The lowest BCUT2D eigenvalue weighted by molar-refractivity contribution is -0.126. The number of methoxy groups -OCH3 is 2. The largest absolute Gasteiger partial charge is 0.497 e. The van der Waals surface area contributed by atoms with Crippen molar-refractivity contribution in [1.82, 2.24) is 4.57 Å². The fraction of sp³-hybridized carbons (Fsp3) is 0.333. The second kappa shape index (κ2) is 8.52. The summed E-state index contributed by atoms with van der Waals surface area (Å²) in [5, 5.41) is 0.787. The smallest absolute Gasteiger partial charge is 0.195 e. The van der Waals surface area contributed by atoms with Crippen molar-refractivity contribution in [1.29, 1.82) is 0 Å². The Morgan fingerprint density at radius 3 is 2.24 bits per heavy atom. The molecule has 0 unspecified atom stereocenters. The van der Waals surface area contributed by atoms with E-state index in [0.717, 1.165) is 10.9 Å². The molecule has 0 spiro atoms. The first-order chi connectivity index (χ1) is 13.2. The number of hydrogen-bond acceptors (Lipinski definition) is 4. The molecule has 3 aromatic rings. The summed E-state index contributed by atoms with van der Waals surface area (Å²) >= 11 is 0. The van der Waals surface area contributed by atoms with Gasteiger partial charge in [0.1, 0.15) is 11.5 Å². The summed E-state index contributed by atoms with van der Waals surface area (Å²) in [7, 11) is 3.16. The Bertz CT molecular complexity index is 1040. The van der Waals surface area contributed by atoms with Crippen LogP contribution in [0.2, 0.25) is 0 Å². The van der Waals surface area contributed by atoms with Gasteiger partial charge < -0.3 is 14.0 Å². The van der Waals surface area contributed by atoms with Gasteiger partial charge in [0, 0.05) is 34.2 Å². The van der Waals surface area contributed by atoms with Crippen molar-refractivity contribution in [3.8, 4) is 11.5 Å². The lowest BCUT2D eigenvalue weighted by Crippen LogP contribution is -2.24. The van der Waals surface area contributed by atoms with Gasteiger partial charge in [0.05, 0.1) is 26.3 Å². The molecule has 5 heteroatoms. The molecule has 0 fully saturated rings. The van der Waals surface area contributed by atoms with E-state index in [0.29, 0.717) is 22.6 Å². The van der Waals surface area contributed by atoms with Crippen molar-refractivity contribution in [2.75, 3.05) is 14.2 Å². The second-order valence-electron chi connectivity index (χ2n) is 7.79. The number of ether oxygens (including phenoxy) is 2. The zero-order valence-electron chi connectivity index (χ0n) is 16.9. The first-order valence-corrected chi connectivity index (χ1v) is 9.13. The van der Waals surface area contributed by atoms with E-state index in [1.165, 1.54) is 0 Å². The SMILES string of the molecule is C.COc1cccc(C(=O)c2cn(CC(=O)C(C)(C)C)c3cc(OC)ccc23)c1. The number of ketones is 2. The van der Waals surface area contributed by atoms with Gasteiger partial charge in [-0.15, -0.1) is 0 Å². The number of nitrogens with zero attached hydrogens (tertiary/aromatic N) is 1. The van der Waals surface area contributed by atoms with Crippen LogP contribution in [0.15, 0.2) is 48.7 Å². The molecule has 0 atom stereocenters. The predicted molar refractivity (Wildman–Crippen MR) is 116 cm³/mol. The Morgan fingerprint density at radius 2 is 1.62 bits per heavy atom. The number of fused-ring (bicyclic) bond motifs is 1. The standard InChI is InChI=1S/C23H25NO4.CH4/c1-23(2,3)21(25)14-24-13-19(18-10-9-17(28-5)12-20(18)24)22(26)15-7-6-8-16(11-15)27-4;/h6-13H,14H2,1-5H3;1H4. The normalized spacial score (nSPS) is 11.1. The first-order valence-electron chi connectivity index (χ1n) is 9.13. The Kier molecular flexibility index (Phi) is 6.52. The Balaban J connectivity index is 0.00000300. The van der Waals surface area contributed by atoms with Gasteiger partial charge in [-0.1, -0.05) is 40.3 Å². The Morgan fingerprint density at radius 1 is 0.966 bits per heavy atom. The van der Waals surface area contributed by atoms with E-state index >= 15 is 0 Å². The van der Waals surface area contributed by atoms with Crippen molar-refractivity contribution < 1.29 is 19.1 Å². The molecule has 2 aromatic carbocycles. The van der Waals surface area contributed by atoms with Crippen molar-refractivity contribution in [2.24, 2.45) is 5.41 Å². The van der Waals surface area contributed by atoms with Gasteiger partial charge in [0.15, 0.2) is 11.6 Å². The minimum absolute atomic E-state index is 0. The van der Waals surface area contributed by atoms with E-state index < -0.39 is 5.41 Å². The van der Waals surface area contributed by atoms with Crippen LogP contribution in [0.5, 0.6) is 11.5 Å². The Labute approximate surface area is 172 Å². The van der Waals surface area contributed by atoms with Crippen LogP contribution in [0.3, 0.4) is 0 Å². The number of aromatic nitrogens is 1. The van der Waals surface area contributed by atoms with Gasteiger partial charge in [-0.05, 0) is 24.3 Å². The van der Waals surface area contributed by atoms with Crippen molar-refractivity contribution in [2.45, 2.75) is 34.7 Å². The molecule has 0 saturated carbocycles. The summed E-state index contributed by atoms with van der Waals surface area (Å²) < 4.78 is 12.4. The van der Waals surface area contributed by atoms with Crippen LogP contribution >= 0.6 is 0 Å². The molecule has 1 aromatic heterocycles. The fourth-order valence-corrected chi connectivity index (χ4v) is 3.02. The molecule has 3 rings (SSSR count). The molecule has 1 heterocycles. The molecule has 0 aliphatic carbocycles. The van der Waals surface area contributed by atoms with Crippen molar-refractivity contribution >= 4 is 22.5 Å². The van der Waals surface area contributed by atoms with Crippen molar-refractivity contribution in [3.05, 3.63) is 59.8 Å². The van der Waals surface area contributed by atoms with Crippen molar-refractivity contribution in [3.63, 3.8) is 0 Å². The summed E-state index contributed by atoms with van der Waals surface area (Å²) in [5.41, 5.74) is 1.42. The molecule has 0 N–H and O–H groups in total. The predicted octanol–water partition coefficient (Wildman–Crippen LogP) is 5.14. The number of carbonyl (C=O) groups is 2. The monoisotopic (exact) mass is 395 g/mol. The molecular formula is C24H29NO4.